The van der Waals surface area contributed by atoms with Crippen LogP contribution in [0.4, 0.5) is 0 Å². The van der Waals surface area contributed by atoms with Crippen LogP contribution in [0.25, 0.3) is 0 Å². The van der Waals surface area contributed by atoms with Crippen molar-refractivity contribution in [2.75, 3.05) is 0 Å². The molecular formula is C12H24. The molecule has 1 rings (SSSR count). The summed E-state index contributed by atoms with van der Waals surface area (Å²) >= 11 is 0. The maximum absolute atomic E-state index is 2.45. The van der Waals surface area contributed by atoms with Crippen molar-refractivity contribution in [3.05, 3.63) is 0 Å². The molecule has 4 unspecified atom stereocenters. The zero-order chi connectivity index (χ0) is 9.14. The fraction of sp³-hybridized carbons (Fsp3) is 1.00. The van der Waals surface area contributed by atoms with Crippen LogP contribution in [0.15, 0.2) is 0 Å². The lowest BCUT2D eigenvalue weighted by Gasteiger charge is -2.22. The van der Waals surface area contributed by atoms with Crippen LogP contribution in [-0.2, 0) is 0 Å². The molecule has 0 saturated heterocycles. The van der Waals surface area contributed by atoms with Crippen molar-refractivity contribution >= 4 is 0 Å². The third-order valence-electron chi connectivity index (χ3n) is 4.03. The topological polar surface area (TPSA) is 0 Å². The quantitative estimate of drug-likeness (QED) is 0.595. The second kappa shape index (κ2) is 4.30. The van der Waals surface area contributed by atoms with Crippen LogP contribution >= 0.6 is 0 Å². The van der Waals surface area contributed by atoms with Crippen LogP contribution in [0.5, 0.6) is 0 Å². The van der Waals surface area contributed by atoms with Crippen LogP contribution in [0, 0.1) is 23.7 Å². The first-order valence-corrected chi connectivity index (χ1v) is 5.74. The highest BCUT2D eigenvalue weighted by Crippen LogP contribution is 2.45. The number of hydrogen-bond donors (Lipinski definition) is 0. The molecule has 0 heteroatoms. The maximum Gasteiger partial charge on any atom is -0.0358 e. The summed E-state index contributed by atoms with van der Waals surface area (Å²) in [5, 5.41) is 0. The van der Waals surface area contributed by atoms with Crippen molar-refractivity contribution < 1.29 is 0 Å². The first-order valence-electron chi connectivity index (χ1n) is 5.74. The summed E-state index contributed by atoms with van der Waals surface area (Å²) in [5.41, 5.74) is 0. The highest BCUT2D eigenvalue weighted by molar-refractivity contribution is 4.86. The van der Waals surface area contributed by atoms with E-state index in [4.69, 9.17) is 0 Å². The van der Waals surface area contributed by atoms with Gasteiger partial charge in [0.25, 0.3) is 0 Å². The maximum atomic E-state index is 2.45. The third kappa shape index (κ3) is 1.67. The van der Waals surface area contributed by atoms with E-state index >= 15 is 0 Å². The SMILES string of the molecule is CCC1CC(C)C(CC)C1CC. The van der Waals surface area contributed by atoms with Crippen molar-refractivity contribution in [2.24, 2.45) is 23.7 Å². The second-order valence-corrected chi connectivity index (χ2v) is 4.53. The van der Waals surface area contributed by atoms with Gasteiger partial charge in [0.2, 0.25) is 0 Å². The summed E-state index contributed by atoms with van der Waals surface area (Å²) in [6.45, 7) is 9.54. The minimum Gasteiger partial charge on any atom is -0.0651 e. The lowest BCUT2D eigenvalue weighted by molar-refractivity contribution is 0.270. The molecule has 12 heavy (non-hydrogen) atoms. The molecule has 0 amide bonds. The van der Waals surface area contributed by atoms with Crippen molar-refractivity contribution in [1.82, 2.24) is 0 Å². The molecule has 0 radical (unpaired) electrons. The summed E-state index contributed by atoms with van der Waals surface area (Å²) in [4.78, 5) is 0. The van der Waals surface area contributed by atoms with Gasteiger partial charge in [-0.2, -0.15) is 0 Å². The number of rotatable bonds is 3. The van der Waals surface area contributed by atoms with E-state index in [9.17, 15) is 0 Å². The van der Waals surface area contributed by atoms with Gasteiger partial charge in [-0.25, -0.2) is 0 Å². The van der Waals surface area contributed by atoms with E-state index in [1.165, 1.54) is 25.7 Å². The standard InChI is InChI=1S/C12H24/c1-5-10-8-9(4)11(6-2)12(10)7-3/h9-12H,5-8H2,1-4H3. The molecule has 0 spiro atoms. The summed E-state index contributed by atoms with van der Waals surface area (Å²) in [7, 11) is 0. The molecule has 1 saturated carbocycles. The molecule has 0 nitrogen and oxygen atoms in total. The summed E-state index contributed by atoms with van der Waals surface area (Å²) in [5.74, 6) is 4.09. The monoisotopic (exact) mass is 168 g/mol. The Bertz CT molecular complexity index is 128. The highest BCUT2D eigenvalue weighted by atomic mass is 14.4. The Balaban J connectivity index is 2.61. The van der Waals surface area contributed by atoms with Gasteiger partial charge in [-0.1, -0.05) is 47.0 Å². The van der Waals surface area contributed by atoms with Crippen LogP contribution in [0.3, 0.4) is 0 Å². The van der Waals surface area contributed by atoms with E-state index in [1.54, 1.807) is 0 Å². The molecule has 4 atom stereocenters. The zero-order valence-corrected chi connectivity index (χ0v) is 9.14. The lowest BCUT2D eigenvalue weighted by Crippen LogP contribution is -2.14. The molecule has 0 N–H and O–H groups in total. The Hall–Kier alpha value is 0. The summed E-state index contributed by atoms with van der Waals surface area (Å²) in [6.07, 6.45) is 5.70. The van der Waals surface area contributed by atoms with Crippen molar-refractivity contribution in [1.29, 1.82) is 0 Å². The molecule has 1 fully saturated rings. The van der Waals surface area contributed by atoms with Gasteiger partial charge in [-0.15, -0.1) is 0 Å². The summed E-state index contributed by atoms with van der Waals surface area (Å²) in [6, 6.07) is 0. The fourth-order valence-electron chi connectivity index (χ4n) is 3.41. The Morgan fingerprint density at radius 2 is 1.50 bits per heavy atom. The van der Waals surface area contributed by atoms with E-state index in [0.717, 1.165) is 23.7 Å². The average molecular weight is 168 g/mol. The van der Waals surface area contributed by atoms with E-state index in [0.29, 0.717) is 0 Å². The van der Waals surface area contributed by atoms with E-state index in [-0.39, 0.29) is 0 Å². The predicted octanol–water partition coefficient (Wildman–Crippen LogP) is 4.10. The minimum absolute atomic E-state index is 0.991. The van der Waals surface area contributed by atoms with Gasteiger partial charge in [-0.05, 0) is 30.1 Å². The van der Waals surface area contributed by atoms with E-state index in [2.05, 4.69) is 27.7 Å². The highest BCUT2D eigenvalue weighted by Gasteiger charge is 2.37. The van der Waals surface area contributed by atoms with Crippen molar-refractivity contribution in [2.45, 2.75) is 53.4 Å². The smallest absolute Gasteiger partial charge is 0.0358 e. The van der Waals surface area contributed by atoms with Gasteiger partial charge in [0.05, 0.1) is 0 Å². The van der Waals surface area contributed by atoms with Gasteiger partial charge in [-0.3, -0.25) is 0 Å². The molecular weight excluding hydrogens is 144 g/mol. The van der Waals surface area contributed by atoms with Crippen LogP contribution in [-0.4, -0.2) is 0 Å². The summed E-state index contributed by atoms with van der Waals surface area (Å²) < 4.78 is 0. The van der Waals surface area contributed by atoms with Crippen LogP contribution in [0.1, 0.15) is 53.4 Å². The predicted molar refractivity (Wildman–Crippen MR) is 55.1 cm³/mol. The van der Waals surface area contributed by atoms with Gasteiger partial charge in [0.15, 0.2) is 0 Å². The van der Waals surface area contributed by atoms with E-state index in [1.807, 2.05) is 0 Å². The Morgan fingerprint density at radius 3 is 1.92 bits per heavy atom. The average Bonchev–Trinajstić information content (AvgIpc) is 2.40. The molecule has 0 aliphatic heterocycles. The minimum atomic E-state index is 0.991. The molecule has 72 valence electrons. The van der Waals surface area contributed by atoms with Gasteiger partial charge < -0.3 is 0 Å². The van der Waals surface area contributed by atoms with Crippen LogP contribution in [0.2, 0.25) is 0 Å². The van der Waals surface area contributed by atoms with Crippen molar-refractivity contribution in [3.8, 4) is 0 Å². The van der Waals surface area contributed by atoms with Crippen LogP contribution < -0.4 is 0 Å². The third-order valence-corrected chi connectivity index (χ3v) is 4.03. The lowest BCUT2D eigenvalue weighted by atomic mass is 9.83. The Labute approximate surface area is 77.7 Å². The Morgan fingerprint density at radius 1 is 0.917 bits per heavy atom. The molecule has 1 aliphatic rings. The Kier molecular flexibility index (Phi) is 3.61. The second-order valence-electron chi connectivity index (χ2n) is 4.53. The van der Waals surface area contributed by atoms with Gasteiger partial charge in [0, 0.05) is 0 Å². The molecule has 1 aliphatic carbocycles. The number of hydrogen-bond acceptors (Lipinski definition) is 0. The largest absolute Gasteiger partial charge is 0.0651 e. The zero-order valence-electron chi connectivity index (χ0n) is 9.14. The molecule has 0 aromatic rings. The van der Waals surface area contributed by atoms with Crippen molar-refractivity contribution in [3.63, 3.8) is 0 Å². The normalized spacial score (nSPS) is 42.0. The molecule has 0 aromatic heterocycles. The first kappa shape index (κ1) is 10.1. The fourth-order valence-corrected chi connectivity index (χ4v) is 3.41. The van der Waals surface area contributed by atoms with Gasteiger partial charge >= 0.3 is 0 Å². The molecule has 0 heterocycles. The first-order chi connectivity index (χ1) is 5.74. The van der Waals surface area contributed by atoms with E-state index < -0.39 is 0 Å². The molecule has 0 bridgehead atoms. The molecule has 0 aromatic carbocycles. The van der Waals surface area contributed by atoms with Gasteiger partial charge in [0.1, 0.15) is 0 Å².